The maximum atomic E-state index is 9.94. The Kier molecular flexibility index (Phi) is 4.01. The molecule has 1 aliphatic rings. The van der Waals surface area contributed by atoms with Crippen molar-refractivity contribution < 1.29 is 5.11 Å². The Morgan fingerprint density at radius 2 is 1.90 bits per heavy atom. The molecule has 0 bridgehead atoms. The maximum Gasteiger partial charge on any atom is 0.163 e. The van der Waals surface area contributed by atoms with E-state index in [9.17, 15) is 5.11 Å². The van der Waals surface area contributed by atoms with E-state index < -0.39 is 0 Å². The number of hydrogen-bond donors (Lipinski definition) is 3. The van der Waals surface area contributed by atoms with Crippen molar-refractivity contribution in [1.82, 2.24) is 9.97 Å². The average molecular weight is 284 g/mol. The van der Waals surface area contributed by atoms with Crippen LogP contribution in [-0.4, -0.2) is 34.8 Å². The van der Waals surface area contributed by atoms with Crippen molar-refractivity contribution in [3.63, 3.8) is 0 Å². The third-order valence-electron chi connectivity index (χ3n) is 3.67. The highest BCUT2D eigenvalue weighted by atomic mass is 16.3. The highest BCUT2D eigenvalue weighted by Gasteiger charge is 2.29. The molecule has 1 atom stereocenters. The largest absolute Gasteiger partial charge is 0.391 e. The number of rotatable bonds is 6. The normalized spacial score (nSPS) is 15.5. The van der Waals surface area contributed by atoms with E-state index in [4.69, 9.17) is 0 Å². The molecule has 0 saturated heterocycles. The summed E-state index contributed by atoms with van der Waals surface area (Å²) in [7, 11) is 1.83. The van der Waals surface area contributed by atoms with Gasteiger partial charge in [-0.05, 0) is 18.8 Å². The van der Waals surface area contributed by atoms with Gasteiger partial charge in [0.25, 0.3) is 0 Å². The summed E-state index contributed by atoms with van der Waals surface area (Å²) in [4.78, 5) is 9.00. The van der Waals surface area contributed by atoms with E-state index in [1.807, 2.05) is 43.4 Å². The molecular formula is C16H20N4O. The topological polar surface area (TPSA) is 70.1 Å². The lowest BCUT2D eigenvalue weighted by atomic mass is 10.2. The predicted octanol–water partition coefficient (Wildman–Crippen LogP) is 2.37. The van der Waals surface area contributed by atoms with Crippen molar-refractivity contribution in [3.8, 4) is 11.4 Å². The first kappa shape index (κ1) is 13.8. The van der Waals surface area contributed by atoms with Gasteiger partial charge in [-0.15, -0.1) is 0 Å². The van der Waals surface area contributed by atoms with E-state index in [2.05, 4.69) is 20.6 Å². The minimum atomic E-state index is -0.293. The molecule has 1 aliphatic carbocycles. The summed E-state index contributed by atoms with van der Waals surface area (Å²) in [5.74, 6) is 2.61. The lowest BCUT2D eigenvalue weighted by Crippen LogP contribution is -2.22. The van der Waals surface area contributed by atoms with Crippen LogP contribution in [0.3, 0.4) is 0 Å². The number of aliphatic hydroxyl groups is 1. The van der Waals surface area contributed by atoms with Crippen molar-refractivity contribution >= 4 is 11.6 Å². The van der Waals surface area contributed by atoms with Gasteiger partial charge in [0.2, 0.25) is 0 Å². The van der Waals surface area contributed by atoms with Crippen molar-refractivity contribution in [2.75, 3.05) is 24.2 Å². The molecule has 3 N–H and O–H groups in total. The highest BCUT2D eigenvalue weighted by molar-refractivity contribution is 5.61. The second-order valence-electron chi connectivity index (χ2n) is 5.36. The molecule has 2 aromatic rings. The van der Waals surface area contributed by atoms with Crippen molar-refractivity contribution in [2.45, 2.75) is 18.9 Å². The van der Waals surface area contributed by atoms with E-state index in [0.717, 1.165) is 30.0 Å². The highest BCUT2D eigenvalue weighted by Crippen LogP contribution is 2.32. The summed E-state index contributed by atoms with van der Waals surface area (Å²) in [5, 5.41) is 16.2. The van der Waals surface area contributed by atoms with E-state index in [1.165, 1.54) is 0 Å². The Morgan fingerprint density at radius 1 is 1.19 bits per heavy atom. The van der Waals surface area contributed by atoms with Gasteiger partial charge in [-0.25, -0.2) is 9.97 Å². The number of anilines is 2. The predicted molar refractivity (Wildman–Crippen MR) is 84.2 cm³/mol. The molecule has 1 unspecified atom stereocenters. The molecule has 3 rings (SSSR count). The van der Waals surface area contributed by atoms with Crippen LogP contribution in [0.15, 0.2) is 36.4 Å². The Hall–Kier alpha value is -2.14. The zero-order chi connectivity index (χ0) is 14.7. The van der Waals surface area contributed by atoms with Gasteiger partial charge in [-0.2, -0.15) is 0 Å². The van der Waals surface area contributed by atoms with Gasteiger partial charge >= 0.3 is 0 Å². The Balaban J connectivity index is 1.79. The quantitative estimate of drug-likeness (QED) is 0.759. The first-order chi connectivity index (χ1) is 10.3. The van der Waals surface area contributed by atoms with Crippen molar-refractivity contribution in [3.05, 3.63) is 36.4 Å². The number of nitrogens with one attached hydrogen (secondary N) is 2. The van der Waals surface area contributed by atoms with Gasteiger partial charge in [-0.3, -0.25) is 0 Å². The molecule has 0 amide bonds. The van der Waals surface area contributed by atoms with Gasteiger partial charge < -0.3 is 15.7 Å². The summed E-state index contributed by atoms with van der Waals surface area (Å²) in [6.07, 6.45) is 1.96. The smallest absolute Gasteiger partial charge is 0.163 e. The number of hydrogen-bond acceptors (Lipinski definition) is 5. The van der Waals surface area contributed by atoms with E-state index in [0.29, 0.717) is 18.3 Å². The maximum absolute atomic E-state index is 9.94. The van der Waals surface area contributed by atoms with Crippen LogP contribution in [0.1, 0.15) is 12.8 Å². The van der Waals surface area contributed by atoms with Gasteiger partial charge in [0.05, 0.1) is 6.10 Å². The molecule has 0 aliphatic heterocycles. The van der Waals surface area contributed by atoms with E-state index in [1.54, 1.807) is 0 Å². The molecule has 110 valence electrons. The van der Waals surface area contributed by atoms with Gasteiger partial charge in [0, 0.05) is 25.2 Å². The van der Waals surface area contributed by atoms with Crippen LogP contribution < -0.4 is 10.6 Å². The standard InChI is InChI=1S/C16H20N4O/c1-17-14-9-15(18-10-13(21)11-7-8-11)20-16(19-14)12-5-3-2-4-6-12/h2-6,9,11,13,21H,7-8,10H2,1H3,(H2,17,18,19,20). The zero-order valence-electron chi connectivity index (χ0n) is 12.1. The lowest BCUT2D eigenvalue weighted by Gasteiger charge is -2.13. The Bertz CT molecular complexity index is 598. The third-order valence-corrected chi connectivity index (χ3v) is 3.67. The molecule has 1 aromatic carbocycles. The van der Waals surface area contributed by atoms with Crippen LogP contribution in [0.25, 0.3) is 11.4 Å². The third kappa shape index (κ3) is 3.49. The van der Waals surface area contributed by atoms with Crippen molar-refractivity contribution in [1.29, 1.82) is 0 Å². The van der Waals surface area contributed by atoms with Crippen LogP contribution >= 0.6 is 0 Å². The summed E-state index contributed by atoms with van der Waals surface area (Å²) in [6.45, 7) is 0.527. The number of benzene rings is 1. The average Bonchev–Trinajstić information content (AvgIpc) is 3.38. The molecule has 0 radical (unpaired) electrons. The first-order valence-electron chi connectivity index (χ1n) is 7.30. The van der Waals surface area contributed by atoms with Gasteiger partial charge in [0.15, 0.2) is 5.82 Å². The Labute approximate surface area is 124 Å². The van der Waals surface area contributed by atoms with Crippen molar-refractivity contribution in [2.24, 2.45) is 5.92 Å². The number of aromatic nitrogens is 2. The molecule has 5 heteroatoms. The number of nitrogens with zero attached hydrogens (tertiary/aromatic N) is 2. The summed E-state index contributed by atoms with van der Waals surface area (Å²) in [5.41, 5.74) is 0.973. The second kappa shape index (κ2) is 6.10. The molecule has 1 saturated carbocycles. The van der Waals surface area contributed by atoms with Crippen LogP contribution in [0.4, 0.5) is 11.6 Å². The summed E-state index contributed by atoms with van der Waals surface area (Å²) in [6, 6.07) is 11.7. The van der Waals surface area contributed by atoms with Crippen LogP contribution in [0.5, 0.6) is 0 Å². The minimum absolute atomic E-state index is 0.293. The zero-order valence-corrected chi connectivity index (χ0v) is 12.1. The van der Waals surface area contributed by atoms with E-state index >= 15 is 0 Å². The van der Waals surface area contributed by atoms with Crippen LogP contribution in [0.2, 0.25) is 0 Å². The molecule has 5 nitrogen and oxygen atoms in total. The molecule has 1 heterocycles. The fourth-order valence-electron chi connectivity index (χ4n) is 2.24. The second-order valence-corrected chi connectivity index (χ2v) is 5.36. The lowest BCUT2D eigenvalue weighted by molar-refractivity contribution is 0.164. The SMILES string of the molecule is CNc1cc(NCC(O)C2CC2)nc(-c2ccccc2)n1. The van der Waals surface area contributed by atoms with Crippen LogP contribution in [0, 0.1) is 5.92 Å². The first-order valence-corrected chi connectivity index (χ1v) is 7.30. The number of aliphatic hydroxyl groups excluding tert-OH is 1. The fourth-order valence-corrected chi connectivity index (χ4v) is 2.24. The van der Waals surface area contributed by atoms with Gasteiger partial charge in [-0.1, -0.05) is 30.3 Å². The van der Waals surface area contributed by atoms with Gasteiger partial charge in [0.1, 0.15) is 11.6 Å². The Morgan fingerprint density at radius 3 is 2.57 bits per heavy atom. The van der Waals surface area contributed by atoms with Crippen LogP contribution in [-0.2, 0) is 0 Å². The summed E-state index contributed by atoms with van der Waals surface area (Å²) < 4.78 is 0. The fraction of sp³-hybridized carbons (Fsp3) is 0.375. The molecular weight excluding hydrogens is 264 g/mol. The minimum Gasteiger partial charge on any atom is -0.391 e. The monoisotopic (exact) mass is 284 g/mol. The summed E-state index contributed by atoms with van der Waals surface area (Å²) >= 11 is 0. The molecule has 21 heavy (non-hydrogen) atoms. The molecule has 1 aromatic heterocycles. The molecule has 1 fully saturated rings. The van der Waals surface area contributed by atoms with E-state index in [-0.39, 0.29) is 6.10 Å². The molecule has 0 spiro atoms.